The smallest absolute Gasteiger partial charge is 0.251 e. The molecule has 1 N–H and O–H groups in total. The molecule has 1 unspecified atom stereocenters. The Balaban J connectivity index is 1.34. The highest BCUT2D eigenvalue weighted by molar-refractivity contribution is 5.99. The Hall–Kier alpha value is -2.66. The molecule has 0 spiro atoms. The Morgan fingerprint density at radius 2 is 1.83 bits per heavy atom. The maximum atomic E-state index is 12.7. The molecule has 0 radical (unpaired) electrons. The summed E-state index contributed by atoms with van der Waals surface area (Å²) in [5, 5.41) is 3.03. The van der Waals surface area contributed by atoms with Crippen LogP contribution in [0, 0.1) is 6.92 Å². The zero-order chi connectivity index (χ0) is 20.2. The third-order valence-corrected chi connectivity index (χ3v) is 5.84. The number of aryl methyl sites for hydroxylation is 1. The minimum atomic E-state index is -0.163. The number of hydrogen-bond donors (Lipinski definition) is 1. The van der Waals surface area contributed by atoms with Gasteiger partial charge in [0.25, 0.3) is 5.91 Å². The molecule has 5 nitrogen and oxygen atoms in total. The summed E-state index contributed by atoms with van der Waals surface area (Å²) < 4.78 is 0. The van der Waals surface area contributed by atoms with Crippen LogP contribution in [0.15, 0.2) is 48.5 Å². The second kappa shape index (κ2) is 8.78. The topological polar surface area (TPSA) is 52.7 Å². The first kappa shape index (κ1) is 19.6. The van der Waals surface area contributed by atoms with Crippen LogP contribution in [0.25, 0.3) is 0 Å². The Morgan fingerprint density at radius 1 is 1.07 bits per heavy atom. The van der Waals surface area contributed by atoms with Crippen molar-refractivity contribution in [3.8, 4) is 0 Å². The number of hydrogen-bond acceptors (Lipinski definition) is 3. The van der Waals surface area contributed by atoms with Crippen molar-refractivity contribution in [3.63, 3.8) is 0 Å². The van der Waals surface area contributed by atoms with Gasteiger partial charge in [0, 0.05) is 30.8 Å². The first-order valence-electron chi connectivity index (χ1n) is 10.6. The monoisotopic (exact) mass is 391 g/mol. The molecule has 2 saturated heterocycles. The molecule has 2 aromatic carbocycles. The molecule has 2 aliphatic rings. The summed E-state index contributed by atoms with van der Waals surface area (Å²) in [7, 11) is 0. The van der Waals surface area contributed by atoms with Crippen LogP contribution in [0.2, 0.25) is 0 Å². The molecule has 0 bridgehead atoms. The average molecular weight is 392 g/mol. The number of rotatable bonds is 5. The summed E-state index contributed by atoms with van der Waals surface area (Å²) in [4.78, 5) is 29.3. The Labute approximate surface area is 172 Å². The van der Waals surface area contributed by atoms with Gasteiger partial charge in [-0.1, -0.05) is 30.7 Å². The largest absolute Gasteiger partial charge is 0.347 e. The van der Waals surface area contributed by atoms with Crippen molar-refractivity contribution < 1.29 is 9.59 Å². The van der Waals surface area contributed by atoms with E-state index in [4.69, 9.17) is 0 Å². The summed E-state index contributed by atoms with van der Waals surface area (Å²) in [6.45, 7) is 5.80. The Morgan fingerprint density at radius 3 is 2.55 bits per heavy atom. The molecule has 29 heavy (non-hydrogen) atoms. The lowest BCUT2D eigenvalue weighted by Gasteiger charge is -2.26. The molecule has 0 saturated carbocycles. The highest BCUT2D eigenvalue weighted by atomic mass is 16.2. The molecule has 0 aromatic heterocycles. The summed E-state index contributed by atoms with van der Waals surface area (Å²) in [6, 6.07) is 15.6. The van der Waals surface area contributed by atoms with E-state index in [1.807, 2.05) is 55.5 Å². The van der Waals surface area contributed by atoms with E-state index in [1.165, 1.54) is 24.8 Å². The first-order valence-corrected chi connectivity index (χ1v) is 10.6. The molecule has 5 heteroatoms. The van der Waals surface area contributed by atoms with Gasteiger partial charge in [-0.3, -0.25) is 14.5 Å². The molecule has 2 amide bonds. The molecular formula is C24H29N3O2. The van der Waals surface area contributed by atoms with Crippen molar-refractivity contribution >= 4 is 17.5 Å². The summed E-state index contributed by atoms with van der Waals surface area (Å²) in [6.07, 6.45) is 4.23. The van der Waals surface area contributed by atoms with E-state index in [9.17, 15) is 9.59 Å². The molecule has 152 valence electrons. The number of carbonyl (C=O) groups excluding carboxylic acids is 2. The van der Waals surface area contributed by atoms with Crippen LogP contribution >= 0.6 is 0 Å². The van der Waals surface area contributed by atoms with E-state index in [0.29, 0.717) is 18.5 Å². The van der Waals surface area contributed by atoms with Gasteiger partial charge in [-0.05, 0) is 68.2 Å². The van der Waals surface area contributed by atoms with Crippen LogP contribution in [0.3, 0.4) is 0 Å². The standard InChI is InChI=1S/C24H29N3O2/c1-18-6-5-7-22(14-18)27-17-21(15-23(27)28)25-24(29)20-10-8-19(9-11-20)16-26-12-3-2-4-13-26/h5-11,14,21H,2-4,12-13,15-17H2,1H3,(H,25,29). The van der Waals surface area contributed by atoms with Crippen LogP contribution in [0.5, 0.6) is 0 Å². The van der Waals surface area contributed by atoms with Crippen LogP contribution < -0.4 is 10.2 Å². The molecule has 2 fully saturated rings. The van der Waals surface area contributed by atoms with Crippen molar-refractivity contribution in [3.05, 3.63) is 65.2 Å². The normalized spacial score (nSPS) is 20.1. The molecular weight excluding hydrogens is 362 g/mol. The third kappa shape index (κ3) is 4.85. The van der Waals surface area contributed by atoms with Gasteiger partial charge >= 0.3 is 0 Å². The summed E-state index contributed by atoms with van der Waals surface area (Å²) >= 11 is 0. The number of piperidine rings is 1. The fraction of sp³-hybridized carbons (Fsp3) is 0.417. The van der Waals surface area contributed by atoms with Gasteiger partial charge < -0.3 is 10.2 Å². The minimum Gasteiger partial charge on any atom is -0.347 e. The number of amides is 2. The maximum absolute atomic E-state index is 12.7. The van der Waals surface area contributed by atoms with Crippen molar-refractivity contribution in [2.24, 2.45) is 0 Å². The van der Waals surface area contributed by atoms with Gasteiger partial charge in [0.05, 0.1) is 6.04 Å². The number of carbonyl (C=O) groups is 2. The van der Waals surface area contributed by atoms with Crippen molar-refractivity contribution in [1.82, 2.24) is 10.2 Å². The van der Waals surface area contributed by atoms with Gasteiger partial charge in [0.15, 0.2) is 0 Å². The van der Waals surface area contributed by atoms with Gasteiger partial charge in [0.1, 0.15) is 0 Å². The number of anilines is 1. The predicted octanol–water partition coefficient (Wildman–Crippen LogP) is 3.52. The second-order valence-corrected chi connectivity index (χ2v) is 8.25. The first-order chi connectivity index (χ1) is 14.1. The van der Waals surface area contributed by atoms with Crippen LogP contribution in [0.4, 0.5) is 5.69 Å². The van der Waals surface area contributed by atoms with E-state index < -0.39 is 0 Å². The minimum absolute atomic E-state index is 0.0535. The van der Waals surface area contributed by atoms with E-state index in [-0.39, 0.29) is 17.9 Å². The van der Waals surface area contributed by atoms with Crippen LogP contribution in [-0.2, 0) is 11.3 Å². The number of likely N-dealkylation sites (tertiary alicyclic amines) is 1. The number of nitrogens with zero attached hydrogens (tertiary/aromatic N) is 2. The van der Waals surface area contributed by atoms with Crippen molar-refractivity contribution in [1.29, 1.82) is 0 Å². The summed E-state index contributed by atoms with van der Waals surface area (Å²) in [5.41, 5.74) is 3.90. The Bertz CT molecular complexity index is 872. The lowest BCUT2D eigenvalue weighted by Crippen LogP contribution is -2.37. The van der Waals surface area contributed by atoms with E-state index in [1.54, 1.807) is 4.90 Å². The van der Waals surface area contributed by atoms with Gasteiger partial charge in [0.2, 0.25) is 5.91 Å². The SMILES string of the molecule is Cc1cccc(N2CC(NC(=O)c3ccc(CN4CCCCC4)cc3)CC2=O)c1. The quantitative estimate of drug-likeness (QED) is 0.849. The van der Waals surface area contributed by atoms with Crippen molar-refractivity contribution in [2.45, 2.75) is 45.2 Å². The fourth-order valence-electron chi connectivity index (χ4n) is 4.26. The van der Waals surface area contributed by atoms with E-state index >= 15 is 0 Å². The zero-order valence-corrected chi connectivity index (χ0v) is 17.1. The molecule has 4 rings (SSSR count). The van der Waals surface area contributed by atoms with Crippen LogP contribution in [0.1, 0.15) is 47.2 Å². The second-order valence-electron chi connectivity index (χ2n) is 8.25. The highest BCUT2D eigenvalue weighted by Gasteiger charge is 2.31. The maximum Gasteiger partial charge on any atom is 0.251 e. The van der Waals surface area contributed by atoms with Crippen molar-refractivity contribution in [2.75, 3.05) is 24.5 Å². The van der Waals surface area contributed by atoms with Gasteiger partial charge in [-0.15, -0.1) is 0 Å². The van der Waals surface area contributed by atoms with Gasteiger partial charge in [-0.25, -0.2) is 0 Å². The fourth-order valence-corrected chi connectivity index (χ4v) is 4.26. The third-order valence-electron chi connectivity index (χ3n) is 5.84. The highest BCUT2D eigenvalue weighted by Crippen LogP contribution is 2.23. The average Bonchev–Trinajstić information content (AvgIpc) is 3.09. The number of benzene rings is 2. The van der Waals surface area contributed by atoms with E-state index in [0.717, 1.165) is 30.9 Å². The van der Waals surface area contributed by atoms with Crippen LogP contribution in [-0.4, -0.2) is 42.4 Å². The van der Waals surface area contributed by atoms with Gasteiger partial charge in [-0.2, -0.15) is 0 Å². The lowest BCUT2D eigenvalue weighted by atomic mass is 10.1. The predicted molar refractivity (Wildman–Crippen MR) is 115 cm³/mol. The zero-order valence-electron chi connectivity index (χ0n) is 17.1. The molecule has 0 aliphatic carbocycles. The Kier molecular flexibility index (Phi) is 5.95. The lowest BCUT2D eigenvalue weighted by molar-refractivity contribution is -0.117. The number of nitrogens with one attached hydrogen (secondary N) is 1. The molecule has 2 aliphatic heterocycles. The van der Waals surface area contributed by atoms with E-state index in [2.05, 4.69) is 10.2 Å². The molecule has 1 atom stereocenters. The molecule has 2 heterocycles. The molecule has 2 aromatic rings. The summed E-state index contributed by atoms with van der Waals surface area (Å²) in [5.74, 6) is -0.0591.